The zero-order valence-corrected chi connectivity index (χ0v) is 18.7. The highest BCUT2D eigenvalue weighted by atomic mass is 16.5. The lowest BCUT2D eigenvalue weighted by molar-refractivity contribution is -0.112. The molecule has 0 saturated carbocycles. The van der Waals surface area contributed by atoms with Crippen molar-refractivity contribution in [2.45, 2.75) is 0 Å². The predicted molar refractivity (Wildman–Crippen MR) is 131 cm³/mol. The molecule has 0 atom stereocenters. The van der Waals surface area contributed by atoms with Crippen LogP contribution in [0, 0.1) is 11.3 Å². The lowest BCUT2D eigenvalue weighted by Crippen LogP contribution is -2.14. The lowest BCUT2D eigenvalue weighted by atomic mass is 10.1. The Bertz CT molecular complexity index is 1370. The Morgan fingerprint density at radius 3 is 2.35 bits per heavy atom. The van der Waals surface area contributed by atoms with E-state index in [2.05, 4.69) is 5.32 Å². The highest BCUT2D eigenvalue weighted by Gasteiger charge is 2.16. The van der Waals surface area contributed by atoms with E-state index >= 15 is 0 Å². The SMILES string of the molecule is COc1ccc(-c2nn(-c3ccccc3)cc2/C=C(/C#N)C(=O)Nc2ccccc2OC)cc1. The molecule has 1 N–H and O–H groups in total. The Kier molecular flexibility index (Phi) is 6.70. The van der Waals surface area contributed by atoms with Crippen LogP contribution in [0.2, 0.25) is 0 Å². The van der Waals surface area contributed by atoms with Gasteiger partial charge in [0.15, 0.2) is 0 Å². The van der Waals surface area contributed by atoms with Crippen molar-refractivity contribution in [2.75, 3.05) is 19.5 Å². The zero-order valence-electron chi connectivity index (χ0n) is 18.7. The minimum atomic E-state index is -0.542. The molecule has 34 heavy (non-hydrogen) atoms. The summed E-state index contributed by atoms with van der Waals surface area (Å²) in [5, 5.41) is 17.2. The van der Waals surface area contributed by atoms with E-state index < -0.39 is 5.91 Å². The van der Waals surface area contributed by atoms with Crippen molar-refractivity contribution < 1.29 is 14.3 Å². The van der Waals surface area contributed by atoms with E-state index in [1.54, 1.807) is 42.3 Å². The summed E-state index contributed by atoms with van der Waals surface area (Å²) in [4.78, 5) is 12.9. The second-order valence-corrected chi connectivity index (χ2v) is 7.27. The molecule has 1 aromatic heterocycles. The molecule has 0 spiro atoms. The summed E-state index contributed by atoms with van der Waals surface area (Å²) < 4.78 is 12.3. The number of hydrogen-bond acceptors (Lipinski definition) is 5. The Balaban J connectivity index is 1.75. The molecule has 0 radical (unpaired) electrons. The molecule has 0 aliphatic carbocycles. The van der Waals surface area contributed by atoms with Gasteiger partial charge in [0.05, 0.1) is 31.3 Å². The number of carbonyl (C=O) groups excluding carboxylic acids is 1. The van der Waals surface area contributed by atoms with Crippen LogP contribution in [0.15, 0.2) is 90.6 Å². The van der Waals surface area contributed by atoms with E-state index in [1.165, 1.54) is 13.2 Å². The van der Waals surface area contributed by atoms with Gasteiger partial charge in [0.25, 0.3) is 5.91 Å². The number of anilines is 1. The van der Waals surface area contributed by atoms with Crippen molar-refractivity contribution in [3.8, 4) is 34.5 Å². The Hall–Kier alpha value is -4.83. The van der Waals surface area contributed by atoms with Gasteiger partial charge in [0, 0.05) is 17.3 Å². The molecular weight excluding hydrogens is 428 g/mol. The number of nitriles is 1. The quantitative estimate of drug-likeness (QED) is 0.312. The van der Waals surface area contributed by atoms with Gasteiger partial charge in [-0.25, -0.2) is 4.68 Å². The van der Waals surface area contributed by atoms with Crippen molar-refractivity contribution in [3.05, 3.63) is 96.2 Å². The monoisotopic (exact) mass is 450 g/mol. The van der Waals surface area contributed by atoms with E-state index in [4.69, 9.17) is 14.6 Å². The second kappa shape index (κ2) is 10.2. The summed E-state index contributed by atoms with van der Waals surface area (Å²) in [6, 6.07) is 26.1. The number of nitrogens with one attached hydrogen (secondary N) is 1. The minimum Gasteiger partial charge on any atom is -0.497 e. The number of nitrogens with zero attached hydrogens (tertiary/aromatic N) is 3. The molecular formula is C27H22N4O3. The zero-order chi connectivity index (χ0) is 23.9. The van der Waals surface area contributed by atoms with E-state index in [0.29, 0.717) is 22.7 Å². The fraction of sp³-hybridized carbons (Fsp3) is 0.0741. The van der Waals surface area contributed by atoms with Crippen LogP contribution >= 0.6 is 0 Å². The van der Waals surface area contributed by atoms with Gasteiger partial charge in [-0.15, -0.1) is 0 Å². The number of amides is 1. The molecule has 0 bridgehead atoms. The fourth-order valence-corrected chi connectivity index (χ4v) is 3.42. The lowest BCUT2D eigenvalue weighted by Gasteiger charge is -2.09. The van der Waals surface area contributed by atoms with Gasteiger partial charge in [-0.2, -0.15) is 10.4 Å². The first-order valence-corrected chi connectivity index (χ1v) is 10.5. The molecule has 4 aromatic rings. The van der Waals surface area contributed by atoms with E-state index in [1.807, 2.05) is 60.7 Å². The molecule has 0 saturated heterocycles. The molecule has 1 heterocycles. The highest BCUT2D eigenvalue weighted by molar-refractivity contribution is 6.10. The average molecular weight is 450 g/mol. The highest BCUT2D eigenvalue weighted by Crippen LogP contribution is 2.28. The Morgan fingerprint density at radius 2 is 1.68 bits per heavy atom. The minimum absolute atomic E-state index is 0.0618. The number of para-hydroxylation sites is 3. The topological polar surface area (TPSA) is 89.2 Å². The van der Waals surface area contributed by atoms with Crippen LogP contribution in [0.3, 0.4) is 0 Å². The van der Waals surface area contributed by atoms with Crippen molar-refractivity contribution in [1.29, 1.82) is 5.26 Å². The van der Waals surface area contributed by atoms with Crippen molar-refractivity contribution in [2.24, 2.45) is 0 Å². The smallest absolute Gasteiger partial charge is 0.266 e. The number of aromatic nitrogens is 2. The fourth-order valence-electron chi connectivity index (χ4n) is 3.42. The summed E-state index contributed by atoms with van der Waals surface area (Å²) in [7, 11) is 3.12. The molecule has 0 aliphatic rings. The second-order valence-electron chi connectivity index (χ2n) is 7.27. The molecule has 3 aromatic carbocycles. The van der Waals surface area contributed by atoms with Gasteiger partial charge in [0.2, 0.25) is 0 Å². The Morgan fingerprint density at radius 1 is 0.971 bits per heavy atom. The standard InChI is InChI=1S/C27H22N4O3/c1-33-23-14-12-19(13-15-23)26-21(18-31(30-26)22-8-4-3-5-9-22)16-20(17-28)27(32)29-24-10-6-7-11-25(24)34-2/h3-16,18H,1-2H3,(H,29,32)/b20-16-. The molecule has 7 heteroatoms. The van der Waals surface area contributed by atoms with Crippen LogP contribution in [0.1, 0.15) is 5.56 Å². The molecule has 0 fully saturated rings. The predicted octanol–water partition coefficient (Wildman–Crippen LogP) is 5.10. The van der Waals surface area contributed by atoms with E-state index in [0.717, 1.165) is 17.0 Å². The van der Waals surface area contributed by atoms with Crippen LogP contribution in [0.5, 0.6) is 11.5 Å². The Labute approximate surface area is 197 Å². The maximum absolute atomic E-state index is 12.9. The van der Waals surface area contributed by atoms with Gasteiger partial charge >= 0.3 is 0 Å². The first-order valence-electron chi connectivity index (χ1n) is 10.5. The number of benzene rings is 3. The maximum atomic E-state index is 12.9. The summed E-state index contributed by atoms with van der Waals surface area (Å²) in [6.07, 6.45) is 3.33. The largest absolute Gasteiger partial charge is 0.497 e. The summed E-state index contributed by atoms with van der Waals surface area (Å²) in [5.74, 6) is 0.682. The van der Waals surface area contributed by atoms with Crippen LogP contribution in [-0.2, 0) is 4.79 Å². The summed E-state index contributed by atoms with van der Waals surface area (Å²) in [5.41, 5.74) is 3.35. The normalized spacial score (nSPS) is 10.9. The van der Waals surface area contributed by atoms with Crippen LogP contribution < -0.4 is 14.8 Å². The third kappa shape index (κ3) is 4.81. The first-order chi connectivity index (χ1) is 16.6. The first kappa shape index (κ1) is 22.4. The van der Waals surface area contributed by atoms with Crippen molar-refractivity contribution in [3.63, 3.8) is 0 Å². The third-order valence-electron chi connectivity index (χ3n) is 5.15. The number of methoxy groups -OCH3 is 2. The van der Waals surface area contributed by atoms with Gasteiger partial charge in [0.1, 0.15) is 23.1 Å². The van der Waals surface area contributed by atoms with Crippen molar-refractivity contribution >= 4 is 17.7 Å². The van der Waals surface area contributed by atoms with Crippen LogP contribution in [0.25, 0.3) is 23.0 Å². The number of hydrogen-bond donors (Lipinski definition) is 1. The van der Waals surface area contributed by atoms with Gasteiger partial charge in [-0.3, -0.25) is 4.79 Å². The molecule has 0 aliphatic heterocycles. The van der Waals surface area contributed by atoms with Crippen molar-refractivity contribution in [1.82, 2.24) is 9.78 Å². The number of rotatable bonds is 7. The van der Waals surface area contributed by atoms with Gasteiger partial charge < -0.3 is 14.8 Å². The maximum Gasteiger partial charge on any atom is 0.266 e. The van der Waals surface area contributed by atoms with Crippen LogP contribution in [0.4, 0.5) is 5.69 Å². The molecule has 1 amide bonds. The van der Waals surface area contributed by atoms with Gasteiger partial charge in [-0.05, 0) is 54.6 Å². The van der Waals surface area contributed by atoms with E-state index in [-0.39, 0.29) is 5.57 Å². The number of ether oxygens (including phenoxy) is 2. The molecule has 4 rings (SSSR count). The molecule has 0 unspecified atom stereocenters. The summed E-state index contributed by atoms with van der Waals surface area (Å²) in [6.45, 7) is 0. The van der Waals surface area contributed by atoms with E-state index in [9.17, 15) is 10.1 Å². The third-order valence-corrected chi connectivity index (χ3v) is 5.15. The average Bonchev–Trinajstić information content (AvgIpc) is 3.32. The summed E-state index contributed by atoms with van der Waals surface area (Å²) >= 11 is 0. The number of carbonyl (C=O) groups is 1. The van der Waals surface area contributed by atoms with Crippen LogP contribution in [-0.4, -0.2) is 29.9 Å². The molecule has 7 nitrogen and oxygen atoms in total. The molecule has 168 valence electrons. The van der Waals surface area contributed by atoms with Gasteiger partial charge in [-0.1, -0.05) is 30.3 Å².